The summed E-state index contributed by atoms with van der Waals surface area (Å²) in [6, 6.07) is -0.0378. The molecule has 0 aromatic carbocycles. The highest BCUT2D eigenvalue weighted by molar-refractivity contribution is 7.88. The van der Waals surface area contributed by atoms with Gasteiger partial charge in [0.15, 0.2) is 0 Å². The number of nitrogens with one attached hydrogen (secondary N) is 1. The summed E-state index contributed by atoms with van der Waals surface area (Å²) in [7, 11) is -3.09. The van der Waals surface area contributed by atoms with Crippen LogP contribution in [-0.4, -0.2) is 74.8 Å². The third-order valence-corrected chi connectivity index (χ3v) is 5.96. The van der Waals surface area contributed by atoms with Crippen molar-refractivity contribution in [2.45, 2.75) is 45.3 Å². The minimum Gasteiger partial charge on any atom is -0.372 e. The first-order valence-corrected chi connectivity index (χ1v) is 10.3. The van der Waals surface area contributed by atoms with Crippen molar-refractivity contribution >= 4 is 16.1 Å². The summed E-state index contributed by atoms with van der Waals surface area (Å²) in [4.78, 5) is 14.2. The molecule has 8 heteroatoms. The molecule has 0 spiro atoms. The molecule has 2 aliphatic heterocycles. The number of carbonyl (C=O) groups is 1. The predicted molar refractivity (Wildman–Crippen MR) is 88.7 cm³/mol. The number of sulfonamides is 1. The van der Waals surface area contributed by atoms with Gasteiger partial charge in [-0.3, -0.25) is 0 Å². The minimum atomic E-state index is -3.09. The molecule has 2 saturated heterocycles. The Morgan fingerprint density at radius 1 is 1.26 bits per heavy atom. The highest BCUT2D eigenvalue weighted by Gasteiger charge is 2.29. The van der Waals surface area contributed by atoms with Crippen LogP contribution in [0, 0.1) is 5.92 Å². The topological polar surface area (TPSA) is 79.0 Å². The van der Waals surface area contributed by atoms with Crippen LogP contribution in [-0.2, 0) is 14.8 Å². The van der Waals surface area contributed by atoms with Crippen LogP contribution in [0.15, 0.2) is 0 Å². The van der Waals surface area contributed by atoms with E-state index in [1.54, 1.807) is 0 Å². The molecule has 0 radical (unpaired) electrons. The first-order valence-electron chi connectivity index (χ1n) is 8.43. The summed E-state index contributed by atoms with van der Waals surface area (Å²) >= 11 is 0. The van der Waals surface area contributed by atoms with E-state index in [9.17, 15) is 13.2 Å². The Morgan fingerprint density at radius 2 is 1.91 bits per heavy atom. The molecule has 0 aromatic rings. The summed E-state index contributed by atoms with van der Waals surface area (Å²) in [5.74, 6) is 0.345. The Labute approximate surface area is 139 Å². The fourth-order valence-electron chi connectivity index (χ4n) is 3.22. The SMILES string of the molecule is CCC1CN(C(=O)NCC2CCN(S(C)(=O)=O)CC2)CC(C)O1. The second-order valence-electron chi connectivity index (χ2n) is 6.67. The summed E-state index contributed by atoms with van der Waals surface area (Å²) in [5.41, 5.74) is 0. The molecule has 1 N–H and O–H groups in total. The van der Waals surface area contributed by atoms with Crippen LogP contribution in [0.4, 0.5) is 4.79 Å². The Balaban J connectivity index is 1.75. The number of hydrogen-bond donors (Lipinski definition) is 1. The van der Waals surface area contributed by atoms with Gasteiger partial charge in [-0.15, -0.1) is 0 Å². The van der Waals surface area contributed by atoms with Crippen molar-refractivity contribution in [1.82, 2.24) is 14.5 Å². The summed E-state index contributed by atoms with van der Waals surface area (Å²) in [6.07, 6.45) is 3.92. The van der Waals surface area contributed by atoms with Crippen molar-refractivity contribution in [3.8, 4) is 0 Å². The fraction of sp³-hybridized carbons (Fsp3) is 0.933. The van der Waals surface area contributed by atoms with Gasteiger partial charge in [-0.05, 0) is 32.1 Å². The number of amides is 2. The van der Waals surface area contributed by atoms with Crippen molar-refractivity contribution in [2.75, 3.05) is 39.0 Å². The summed E-state index contributed by atoms with van der Waals surface area (Å²) in [6.45, 7) is 7.02. The molecule has 23 heavy (non-hydrogen) atoms. The molecule has 2 aliphatic rings. The van der Waals surface area contributed by atoms with Gasteiger partial charge in [-0.2, -0.15) is 0 Å². The fourth-order valence-corrected chi connectivity index (χ4v) is 4.10. The van der Waals surface area contributed by atoms with E-state index in [1.807, 2.05) is 11.8 Å². The Morgan fingerprint density at radius 3 is 2.48 bits per heavy atom. The van der Waals surface area contributed by atoms with Crippen LogP contribution in [0.5, 0.6) is 0 Å². The smallest absolute Gasteiger partial charge is 0.317 e. The van der Waals surface area contributed by atoms with Gasteiger partial charge in [0.1, 0.15) is 0 Å². The lowest BCUT2D eigenvalue weighted by atomic mass is 9.98. The molecule has 134 valence electrons. The van der Waals surface area contributed by atoms with E-state index >= 15 is 0 Å². The molecule has 7 nitrogen and oxygen atoms in total. The van der Waals surface area contributed by atoms with E-state index in [2.05, 4.69) is 12.2 Å². The van der Waals surface area contributed by atoms with E-state index in [0.717, 1.165) is 19.3 Å². The normalized spacial score (nSPS) is 27.9. The second-order valence-corrected chi connectivity index (χ2v) is 8.66. The predicted octanol–water partition coefficient (Wildman–Crippen LogP) is 0.867. The molecular weight excluding hydrogens is 318 g/mol. The van der Waals surface area contributed by atoms with Gasteiger partial charge >= 0.3 is 6.03 Å². The molecule has 0 aromatic heterocycles. The van der Waals surface area contributed by atoms with Gasteiger partial charge in [-0.1, -0.05) is 6.92 Å². The van der Waals surface area contributed by atoms with E-state index in [0.29, 0.717) is 38.6 Å². The maximum atomic E-state index is 12.3. The third-order valence-electron chi connectivity index (χ3n) is 4.65. The van der Waals surface area contributed by atoms with Crippen LogP contribution in [0.1, 0.15) is 33.1 Å². The van der Waals surface area contributed by atoms with E-state index in [4.69, 9.17) is 4.74 Å². The number of ether oxygens (including phenoxy) is 1. The standard InChI is InChI=1S/C15H29N3O4S/c1-4-14-11-17(10-12(2)22-14)15(19)16-9-13-5-7-18(8-6-13)23(3,20)21/h12-14H,4-11H2,1-3H3,(H,16,19). The maximum Gasteiger partial charge on any atom is 0.317 e. The van der Waals surface area contributed by atoms with Crippen LogP contribution in [0.2, 0.25) is 0 Å². The number of rotatable bonds is 4. The molecule has 2 heterocycles. The zero-order valence-electron chi connectivity index (χ0n) is 14.3. The van der Waals surface area contributed by atoms with Gasteiger partial charge in [0.2, 0.25) is 10.0 Å². The van der Waals surface area contributed by atoms with Gasteiger partial charge < -0.3 is 15.0 Å². The lowest BCUT2D eigenvalue weighted by Crippen LogP contribution is -2.53. The van der Waals surface area contributed by atoms with Crippen molar-refractivity contribution in [2.24, 2.45) is 5.92 Å². The van der Waals surface area contributed by atoms with Crippen molar-refractivity contribution < 1.29 is 17.9 Å². The Kier molecular flexibility index (Phi) is 6.27. The molecular formula is C15H29N3O4S. The summed E-state index contributed by atoms with van der Waals surface area (Å²) in [5, 5.41) is 3.00. The maximum absolute atomic E-state index is 12.3. The minimum absolute atomic E-state index is 0.0378. The third kappa shape index (κ3) is 5.32. The largest absolute Gasteiger partial charge is 0.372 e. The Hall–Kier alpha value is -0.860. The van der Waals surface area contributed by atoms with Crippen LogP contribution in [0.3, 0.4) is 0 Å². The quantitative estimate of drug-likeness (QED) is 0.818. The molecule has 0 aliphatic carbocycles. The van der Waals surface area contributed by atoms with Crippen LogP contribution >= 0.6 is 0 Å². The molecule has 2 rings (SSSR count). The zero-order valence-corrected chi connectivity index (χ0v) is 15.1. The average Bonchev–Trinajstić information content (AvgIpc) is 2.51. The molecule has 2 atom stereocenters. The highest BCUT2D eigenvalue weighted by atomic mass is 32.2. The van der Waals surface area contributed by atoms with Crippen molar-refractivity contribution in [3.63, 3.8) is 0 Å². The van der Waals surface area contributed by atoms with E-state index in [-0.39, 0.29) is 18.2 Å². The van der Waals surface area contributed by atoms with E-state index < -0.39 is 10.0 Å². The number of piperidine rings is 1. The highest BCUT2D eigenvalue weighted by Crippen LogP contribution is 2.19. The van der Waals surface area contributed by atoms with Crippen molar-refractivity contribution in [3.05, 3.63) is 0 Å². The average molecular weight is 347 g/mol. The molecule has 2 amide bonds. The van der Waals surface area contributed by atoms with Gasteiger partial charge in [0, 0.05) is 32.7 Å². The van der Waals surface area contributed by atoms with Gasteiger partial charge in [0.05, 0.1) is 18.5 Å². The van der Waals surface area contributed by atoms with Gasteiger partial charge in [-0.25, -0.2) is 17.5 Å². The molecule has 0 saturated carbocycles. The lowest BCUT2D eigenvalue weighted by molar-refractivity contribution is -0.0646. The summed E-state index contributed by atoms with van der Waals surface area (Å²) < 4.78 is 30.3. The van der Waals surface area contributed by atoms with Crippen LogP contribution in [0.25, 0.3) is 0 Å². The number of hydrogen-bond acceptors (Lipinski definition) is 4. The van der Waals surface area contributed by atoms with Crippen molar-refractivity contribution in [1.29, 1.82) is 0 Å². The zero-order chi connectivity index (χ0) is 17.0. The lowest BCUT2D eigenvalue weighted by Gasteiger charge is -2.37. The number of morpholine rings is 1. The Bertz CT molecular complexity index is 503. The van der Waals surface area contributed by atoms with Crippen LogP contribution < -0.4 is 5.32 Å². The first-order chi connectivity index (χ1) is 10.8. The second kappa shape index (κ2) is 7.81. The molecule has 2 unspecified atom stereocenters. The first kappa shape index (κ1) is 18.5. The number of urea groups is 1. The molecule has 0 bridgehead atoms. The monoisotopic (exact) mass is 347 g/mol. The van der Waals surface area contributed by atoms with E-state index in [1.165, 1.54) is 10.6 Å². The number of carbonyl (C=O) groups excluding carboxylic acids is 1. The van der Waals surface area contributed by atoms with Gasteiger partial charge in [0.25, 0.3) is 0 Å². The number of nitrogens with zero attached hydrogens (tertiary/aromatic N) is 2. The molecule has 2 fully saturated rings.